The third-order valence-electron chi connectivity index (χ3n) is 4.02. The molecule has 0 bridgehead atoms. The highest BCUT2D eigenvalue weighted by molar-refractivity contribution is 6.01. The molecule has 0 aromatic heterocycles. The Bertz CT molecular complexity index is 897. The largest absolute Gasteiger partial charge is 0.271 e. The van der Waals surface area contributed by atoms with Gasteiger partial charge in [0.25, 0.3) is 5.91 Å². The van der Waals surface area contributed by atoms with Crippen LogP contribution in [0.25, 0.3) is 11.1 Å². The van der Waals surface area contributed by atoms with E-state index in [1.54, 1.807) is 0 Å². The lowest BCUT2D eigenvalue weighted by Gasteiger charge is -2.05. The Balaban J connectivity index is 1.70. The summed E-state index contributed by atoms with van der Waals surface area (Å²) in [6.45, 7) is 3.91. The van der Waals surface area contributed by atoms with Crippen LogP contribution < -0.4 is 5.43 Å². The maximum absolute atomic E-state index is 12.3. The highest BCUT2D eigenvalue weighted by Gasteiger charge is 2.06. The van der Waals surface area contributed by atoms with Gasteiger partial charge >= 0.3 is 0 Å². The second-order valence-electron chi connectivity index (χ2n) is 5.95. The van der Waals surface area contributed by atoms with Crippen LogP contribution in [0.2, 0.25) is 0 Å². The fourth-order valence-electron chi connectivity index (χ4n) is 2.58. The van der Waals surface area contributed by atoms with Crippen molar-refractivity contribution in [1.82, 2.24) is 5.43 Å². The first kappa shape index (κ1) is 16.7. The molecule has 3 rings (SSSR count). The molecule has 3 heteroatoms. The fourth-order valence-corrected chi connectivity index (χ4v) is 2.58. The van der Waals surface area contributed by atoms with Crippen LogP contribution in [0, 0.1) is 6.92 Å². The molecule has 25 heavy (non-hydrogen) atoms. The molecule has 3 aromatic rings. The van der Waals surface area contributed by atoms with Gasteiger partial charge in [0, 0.05) is 5.56 Å². The monoisotopic (exact) mass is 328 g/mol. The van der Waals surface area contributed by atoms with E-state index in [9.17, 15) is 4.79 Å². The molecule has 1 N–H and O–H groups in total. The van der Waals surface area contributed by atoms with Gasteiger partial charge in [-0.25, -0.2) is 5.43 Å². The molecule has 0 radical (unpaired) electrons. The third kappa shape index (κ3) is 4.21. The summed E-state index contributed by atoms with van der Waals surface area (Å²) in [6, 6.07) is 25.6. The van der Waals surface area contributed by atoms with Gasteiger partial charge in [-0.2, -0.15) is 5.10 Å². The average Bonchev–Trinajstić information content (AvgIpc) is 2.66. The van der Waals surface area contributed by atoms with E-state index in [-0.39, 0.29) is 5.91 Å². The number of nitrogens with one attached hydrogen (secondary N) is 1. The summed E-state index contributed by atoms with van der Waals surface area (Å²) >= 11 is 0. The van der Waals surface area contributed by atoms with Crippen molar-refractivity contribution in [2.75, 3.05) is 0 Å². The molecule has 0 aliphatic rings. The molecular weight excluding hydrogens is 308 g/mol. The Hall–Kier alpha value is -3.20. The van der Waals surface area contributed by atoms with E-state index in [1.807, 2.05) is 92.7 Å². The van der Waals surface area contributed by atoms with Gasteiger partial charge in [-0.1, -0.05) is 72.3 Å². The minimum absolute atomic E-state index is 0.216. The van der Waals surface area contributed by atoms with Crippen LogP contribution in [0.4, 0.5) is 0 Å². The summed E-state index contributed by atoms with van der Waals surface area (Å²) in [5.74, 6) is -0.216. The Morgan fingerprint density at radius 1 is 0.800 bits per heavy atom. The van der Waals surface area contributed by atoms with Gasteiger partial charge in [0.15, 0.2) is 0 Å². The van der Waals surface area contributed by atoms with Crippen molar-refractivity contribution in [3.8, 4) is 11.1 Å². The predicted molar refractivity (Wildman–Crippen MR) is 103 cm³/mol. The number of benzene rings is 3. The molecule has 1 amide bonds. The second kappa shape index (κ2) is 7.58. The summed E-state index contributed by atoms with van der Waals surface area (Å²) in [6.07, 6.45) is 0. The van der Waals surface area contributed by atoms with Crippen molar-refractivity contribution in [2.24, 2.45) is 5.10 Å². The van der Waals surface area contributed by atoms with E-state index in [1.165, 1.54) is 0 Å². The number of amides is 1. The number of rotatable bonds is 4. The lowest BCUT2D eigenvalue weighted by Crippen LogP contribution is -2.19. The highest BCUT2D eigenvalue weighted by Crippen LogP contribution is 2.19. The highest BCUT2D eigenvalue weighted by atomic mass is 16.2. The van der Waals surface area contributed by atoms with E-state index in [2.05, 4.69) is 10.5 Å². The minimum Gasteiger partial charge on any atom is -0.267 e. The van der Waals surface area contributed by atoms with Crippen molar-refractivity contribution in [3.63, 3.8) is 0 Å². The molecule has 0 spiro atoms. The van der Waals surface area contributed by atoms with Crippen LogP contribution in [0.15, 0.2) is 84.0 Å². The minimum atomic E-state index is -0.216. The molecule has 0 heterocycles. The number of hydrazone groups is 1. The van der Waals surface area contributed by atoms with Crippen LogP contribution >= 0.6 is 0 Å². The molecule has 0 aliphatic heterocycles. The van der Waals surface area contributed by atoms with Crippen LogP contribution in [0.3, 0.4) is 0 Å². The van der Waals surface area contributed by atoms with E-state index < -0.39 is 0 Å². The summed E-state index contributed by atoms with van der Waals surface area (Å²) in [5, 5.41) is 4.21. The molecule has 0 saturated carbocycles. The van der Waals surface area contributed by atoms with E-state index in [0.29, 0.717) is 5.56 Å². The summed E-state index contributed by atoms with van der Waals surface area (Å²) in [4.78, 5) is 12.3. The van der Waals surface area contributed by atoms with E-state index >= 15 is 0 Å². The van der Waals surface area contributed by atoms with Crippen molar-refractivity contribution < 1.29 is 4.79 Å². The first-order valence-electron chi connectivity index (χ1n) is 8.20. The standard InChI is InChI=1S/C22H20N2O/c1-16-7-6-10-21(15-16)17(2)23-24-22(25)20-13-11-19(12-14-20)18-8-4-3-5-9-18/h3-15H,1-2H3,(H,24,25). The van der Waals surface area contributed by atoms with Gasteiger partial charge in [0.2, 0.25) is 0 Å². The molecule has 124 valence electrons. The molecule has 0 saturated heterocycles. The van der Waals surface area contributed by atoms with Crippen molar-refractivity contribution >= 4 is 11.6 Å². The van der Waals surface area contributed by atoms with Gasteiger partial charge in [-0.15, -0.1) is 0 Å². The molecule has 0 unspecified atom stereocenters. The molecule has 0 aliphatic carbocycles. The molecule has 0 fully saturated rings. The number of nitrogens with zero attached hydrogens (tertiary/aromatic N) is 1. The Labute approximate surface area is 148 Å². The van der Waals surface area contributed by atoms with E-state index in [0.717, 1.165) is 28.0 Å². The zero-order valence-electron chi connectivity index (χ0n) is 14.4. The maximum atomic E-state index is 12.3. The SMILES string of the molecule is CC(=NNC(=O)c1ccc(-c2ccccc2)cc1)c1cccc(C)c1. The summed E-state index contributed by atoms with van der Waals surface area (Å²) < 4.78 is 0. The first-order chi connectivity index (χ1) is 12.1. The Kier molecular flexibility index (Phi) is 5.05. The topological polar surface area (TPSA) is 41.5 Å². The Morgan fingerprint density at radius 3 is 2.16 bits per heavy atom. The second-order valence-corrected chi connectivity index (χ2v) is 5.95. The normalized spacial score (nSPS) is 11.2. The smallest absolute Gasteiger partial charge is 0.267 e. The number of hydrogen-bond donors (Lipinski definition) is 1. The lowest BCUT2D eigenvalue weighted by atomic mass is 10.0. The van der Waals surface area contributed by atoms with Gasteiger partial charge in [0.1, 0.15) is 0 Å². The number of hydrogen-bond acceptors (Lipinski definition) is 2. The molecule has 3 nitrogen and oxygen atoms in total. The van der Waals surface area contributed by atoms with Crippen LogP contribution in [-0.2, 0) is 0 Å². The van der Waals surface area contributed by atoms with Gasteiger partial charge in [-0.05, 0) is 42.7 Å². The van der Waals surface area contributed by atoms with Crippen molar-refractivity contribution in [3.05, 3.63) is 95.6 Å². The quantitative estimate of drug-likeness (QED) is 0.541. The van der Waals surface area contributed by atoms with Gasteiger partial charge < -0.3 is 0 Å². The number of carbonyl (C=O) groups excluding carboxylic acids is 1. The molecular formula is C22H20N2O. The fraction of sp³-hybridized carbons (Fsp3) is 0.0909. The van der Waals surface area contributed by atoms with Crippen LogP contribution in [-0.4, -0.2) is 11.6 Å². The zero-order valence-corrected chi connectivity index (χ0v) is 14.4. The average molecular weight is 328 g/mol. The first-order valence-corrected chi connectivity index (χ1v) is 8.20. The predicted octanol–water partition coefficient (Wildman–Crippen LogP) is 4.82. The van der Waals surface area contributed by atoms with Crippen LogP contribution in [0.1, 0.15) is 28.4 Å². The van der Waals surface area contributed by atoms with Crippen molar-refractivity contribution in [1.29, 1.82) is 0 Å². The number of aryl methyl sites for hydroxylation is 1. The third-order valence-corrected chi connectivity index (χ3v) is 4.02. The summed E-state index contributed by atoms with van der Waals surface area (Å²) in [5.41, 5.74) is 8.35. The molecule has 3 aromatic carbocycles. The zero-order chi connectivity index (χ0) is 17.6. The number of carbonyl (C=O) groups is 1. The lowest BCUT2D eigenvalue weighted by molar-refractivity contribution is 0.0955. The van der Waals surface area contributed by atoms with Crippen LogP contribution in [0.5, 0.6) is 0 Å². The maximum Gasteiger partial charge on any atom is 0.271 e. The van der Waals surface area contributed by atoms with Gasteiger partial charge in [0.05, 0.1) is 5.71 Å². The summed E-state index contributed by atoms with van der Waals surface area (Å²) in [7, 11) is 0. The Morgan fingerprint density at radius 2 is 1.48 bits per heavy atom. The molecule has 0 atom stereocenters. The van der Waals surface area contributed by atoms with Crippen molar-refractivity contribution in [2.45, 2.75) is 13.8 Å². The van der Waals surface area contributed by atoms with E-state index in [4.69, 9.17) is 0 Å². The van der Waals surface area contributed by atoms with Gasteiger partial charge in [-0.3, -0.25) is 4.79 Å².